The molecule has 2 rings (SSSR count). The summed E-state index contributed by atoms with van der Waals surface area (Å²) < 4.78 is 5.48. The van der Waals surface area contributed by atoms with Crippen LogP contribution in [-0.4, -0.2) is 33.1 Å². The Balaban J connectivity index is 1.61. The molecule has 0 amide bonds. The number of ether oxygens (including phenoxy) is 1. The lowest BCUT2D eigenvalue weighted by Gasteiger charge is -2.02. The van der Waals surface area contributed by atoms with Crippen molar-refractivity contribution in [3.05, 3.63) is 48.6 Å². The summed E-state index contributed by atoms with van der Waals surface area (Å²) in [5.74, 6) is 1.62. The summed E-state index contributed by atoms with van der Waals surface area (Å²) in [6.45, 7) is 1.24. The molecular weight excluding hydrogens is 216 g/mol. The summed E-state index contributed by atoms with van der Waals surface area (Å²) in [6.07, 6.45) is 8.41. The van der Waals surface area contributed by atoms with Gasteiger partial charge in [-0.05, 0) is 12.1 Å². The fourth-order valence-electron chi connectivity index (χ4n) is 1.35. The zero-order chi connectivity index (χ0) is 11.8. The zero-order valence-corrected chi connectivity index (χ0v) is 9.49. The first-order chi connectivity index (χ1) is 8.45. The average Bonchev–Trinajstić information content (AvgIpc) is 2.41. The van der Waals surface area contributed by atoms with Crippen LogP contribution in [0.25, 0.3) is 0 Å². The molecule has 0 unspecified atom stereocenters. The van der Waals surface area contributed by atoms with Crippen LogP contribution < -0.4 is 0 Å². The average molecular weight is 230 g/mol. The maximum absolute atomic E-state index is 5.48. The molecule has 0 aliphatic carbocycles. The highest BCUT2D eigenvalue weighted by molar-refractivity contribution is 4.89. The molecule has 2 aromatic rings. The van der Waals surface area contributed by atoms with E-state index in [1.54, 1.807) is 36.9 Å². The van der Waals surface area contributed by atoms with E-state index in [1.807, 2.05) is 0 Å². The van der Waals surface area contributed by atoms with E-state index in [-0.39, 0.29) is 0 Å². The minimum atomic E-state index is 0.622. The normalized spacial score (nSPS) is 10.4. The van der Waals surface area contributed by atoms with Crippen LogP contribution in [0.4, 0.5) is 0 Å². The summed E-state index contributed by atoms with van der Waals surface area (Å²) in [5, 5.41) is 0. The van der Waals surface area contributed by atoms with Crippen molar-refractivity contribution < 1.29 is 4.74 Å². The Labute approximate surface area is 99.9 Å². The molecule has 0 atom stereocenters. The first-order valence-electron chi connectivity index (χ1n) is 5.55. The van der Waals surface area contributed by atoms with Gasteiger partial charge < -0.3 is 4.74 Å². The van der Waals surface area contributed by atoms with Gasteiger partial charge in [-0.15, -0.1) is 0 Å². The van der Waals surface area contributed by atoms with E-state index in [0.717, 1.165) is 24.5 Å². The van der Waals surface area contributed by atoms with Crippen LogP contribution in [0.3, 0.4) is 0 Å². The van der Waals surface area contributed by atoms with Gasteiger partial charge in [0.1, 0.15) is 11.6 Å². The Bertz CT molecular complexity index is 380. The van der Waals surface area contributed by atoms with Crippen molar-refractivity contribution in [1.29, 1.82) is 0 Å². The van der Waals surface area contributed by atoms with Gasteiger partial charge in [0, 0.05) is 37.6 Å². The topological polar surface area (TPSA) is 60.8 Å². The molecule has 0 radical (unpaired) electrons. The Hall–Kier alpha value is -1.88. The fraction of sp³-hybridized carbons (Fsp3) is 0.333. The van der Waals surface area contributed by atoms with Gasteiger partial charge in [0.2, 0.25) is 0 Å². The zero-order valence-electron chi connectivity index (χ0n) is 9.49. The van der Waals surface area contributed by atoms with Crippen molar-refractivity contribution in [2.24, 2.45) is 0 Å². The smallest absolute Gasteiger partial charge is 0.130 e. The van der Waals surface area contributed by atoms with Crippen LogP contribution in [-0.2, 0) is 17.6 Å². The molecule has 0 saturated heterocycles. The molecule has 5 nitrogen and oxygen atoms in total. The van der Waals surface area contributed by atoms with Gasteiger partial charge in [-0.25, -0.2) is 19.9 Å². The van der Waals surface area contributed by atoms with Gasteiger partial charge in [-0.2, -0.15) is 0 Å². The second kappa shape index (κ2) is 6.65. The van der Waals surface area contributed by atoms with Crippen LogP contribution in [0.1, 0.15) is 11.6 Å². The first kappa shape index (κ1) is 11.6. The van der Waals surface area contributed by atoms with Crippen molar-refractivity contribution in [2.45, 2.75) is 12.8 Å². The van der Waals surface area contributed by atoms with Gasteiger partial charge in [-0.1, -0.05) is 0 Å². The van der Waals surface area contributed by atoms with Crippen LogP contribution >= 0.6 is 0 Å². The van der Waals surface area contributed by atoms with Gasteiger partial charge in [0.25, 0.3) is 0 Å². The molecule has 88 valence electrons. The van der Waals surface area contributed by atoms with Crippen molar-refractivity contribution in [3.8, 4) is 0 Å². The highest BCUT2D eigenvalue weighted by atomic mass is 16.5. The summed E-state index contributed by atoms with van der Waals surface area (Å²) in [4.78, 5) is 16.5. The van der Waals surface area contributed by atoms with Gasteiger partial charge in [0.05, 0.1) is 13.2 Å². The first-order valence-corrected chi connectivity index (χ1v) is 5.55. The Morgan fingerprint density at radius 1 is 0.706 bits per heavy atom. The molecular formula is C12H14N4O. The fourth-order valence-corrected chi connectivity index (χ4v) is 1.35. The lowest BCUT2D eigenvalue weighted by atomic mass is 10.4. The Morgan fingerprint density at radius 3 is 1.53 bits per heavy atom. The molecule has 0 saturated carbocycles. The molecule has 0 spiro atoms. The maximum Gasteiger partial charge on any atom is 0.130 e. The minimum Gasteiger partial charge on any atom is -0.381 e. The lowest BCUT2D eigenvalue weighted by Crippen LogP contribution is -2.06. The molecule has 0 N–H and O–H groups in total. The number of nitrogens with zero attached hydrogens (tertiary/aromatic N) is 4. The predicted molar refractivity (Wildman–Crippen MR) is 62.3 cm³/mol. The Morgan fingerprint density at radius 2 is 1.12 bits per heavy atom. The van der Waals surface area contributed by atoms with Crippen molar-refractivity contribution >= 4 is 0 Å². The standard InChI is InChI=1S/C12H14N4O/c1-5-13-11(14-6-1)3-9-17-10-4-12-15-7-2-8-16-12/h1-2,5-8H,3-4,9-10H2. The van der Waals surface area contributed by atoms with Crippen LogP contribution in [0.2, 0.25) is 0 Å². The summed E-state index contributed by atoms with van der Waals surface area (Å²) >= 11 is 0. The largest absolute Gasteiger partial charge is 0.381 e. The number of hydrogen-bond donors (Lipinski definition) is 0. The van der Waals surface area contributed by atoms with Gasteiger partial charge in [-0.3, -0.25) is 0 Å². The SMILES string of the molecule is c1cnc(CCOCCc2ncccn2)nc1. The molecule has 0 aromatic carbocycles. The number of rotatable bonds is 6. The summed E-state index contributed by atoms with van der Waals surface area (Å²) in [7, 11) is 0. The molecule has 0 fully saturated rings. The molecule has 17 heavy (non-hydrogen) atoms. The lowest BCUT2D eigenvalue weighted by molar-refractivity contribution is 0.138. The van der Waals surface area contributed by atoms with E-state index in [2.05, 4.69) is 19.9 Å². The minimum absolute atomic E-state index is 0.622. The third kappa shape index (κ3) is 4.24. The van der Waals surface area contributed by atoms with E-state index >= 15 is 0 Å². The van der Waals surface area contributed by atoms with E-state index < -0.39 is 0 Å². The molecule has 0 bridgehead atoms. The Kier molecular flexibility index (Phi) is 4.54. The maximum atomic E-state index is 5.48. The van der Waals surface area contributed by atoms with Gasteiger partial charge in [0.15, 0.2) is 0 Å². The number of hydrogen-bond acceptors (Lipinski definition) is 5. The third-order valence-electron chi connectivity index (χ3n) is 2.18. The van der Waals surface area contributed by atoms with E-state index in [0.29, 0.717) is 13.2 Å². The van der Waals surface area contributed by atoms with Crippen LogP contribution in [0.15, 0.2) is 36.9 Å². The third-order valence-corrected chi connectivity index (χ3v) is 2.18. The van der Waals surface area contributed by atoms with E-state index in [9.17, 15) is 0 Å². The van der Waals surface area contributed by atoms with E-state index in [1.165, 1.54) is 0 Å². The van der Waals surface area contributed by atoms with Crippen molar-refractivity contribution in [1.82, 2.24) is 19.9 Å². The molecule has 2 aromatic heterocycles. The molecule has 0 aliphatic heterocycles. The number of aromatic nitrogens is 4. The second-order valence-corrected chi connectivity index (χ2v) is 3.44. The summed E-state index contributed by atoms with van der Waals surface area (Å²) in [6, 6.07) is 3.61. The van der Waals surface area contributed by atoms with Crippen LogP contribution in [0.5, 0.6) is 0 Å². The monoisotopic (exact) mass is 230 g/mol. The van der Waals surface area contributed by atoms with Crippen molar-refractivity contribution in [3.63, 3.8) is 0 Å². The predicted octanol–water partition coefficient (Wildman–Crippen LogP) is 1.07. The highest BCUT2D eigenvalue weighted by Crippen LogP contribution is 1.93. The summed E-state index contributed by atoms with van der Waals surface area (Å²) in [5.41, 5.74) is 0. The second-order valence-electron chi connectivity index (χ2n) is 3.44. The van der Waals surface area contributed by atoms with E-state index in [4.69, 9.17) is 4.74 Å². The molecule has 0 aliphatic rings. The quantitative estimate of drug-likeness (QED) is 0.695. The molecule has 2 heterocycles. The van der Waals surface area contributed by atoms with Gasteiger partial charge >= 0.3 is 0 Å². The van der Waals surface area contributed by atoms with Crippen molar-refractivity contribution in [2.75, 3.05) is 13.2 Å². The van der Waals surface area contributed by atoms with Crippen LogP contribution in [0, 0.1) is 0 Å². The molecule has 5 heteroatoms. The highest BCUT2D eigenvalue weighted by Gasteiger charge is 1.97.